The predicted octanol–water partition coefficient (Wildman–Crippen LogP) is 2.60. The Hall–Kier alpha value is 5.29. The molecule has 0 spiro atoms. The quantitative estimate of drug-likeness (QED) is 0.330. The van der Waals surface area contributed by atoms with E-state index >= 15 is 0 Å². The Morgan fingerprint density at radius 3 is 0.182 bits per heavy atom. The number of rotatable bonds is 0. The minimum absolute atomic E-state index is 0. The van der Waals surface area contributed by atoms with Gasteiger partial charge >= 0.3 is 180 Å². The van der Waals surface area contributed by atoms with Gasteiger partial charge in [-0.05, 0) is 0 Å². The van der Waals surface area contributed by atoms with Crippen molar-refractivity contribution in [1.29, 1.82) is 0 Å². The second-order valence-electron chi connectivity index (χ2n) is 0. The van der Waals surface area contributed by atoms with Crippen LogP contribution in [0.1, 0.15) is 0 Å². The Bertz CT molecular complexity index is 35.7. The third kappa shape index (κ3) is 534. The van der Waals surface area contributed by atoms with Crippen LogP contribution in [0, 0.1) is 0 Å². The summed E-state index contributed by atoms with van der Waals surface area (Å²) >= 11 is 0. The fraction of sp³-hybridized carbons (Fsp3) is 0. The smallest absolute Gasteiger partial charge is 3.00 e. The average Bonchev–Trinajstić information content (AvgIpc) is 0. The Labute approximate surface area is 256 Å². The summed E-state index contributed by atoms with van der Waals surface area (Å²) in [5.41, 5.74) is 0. The zero-order chi connectivity index (χ0) is 0. The molecular weight excluding hydrogens is 694 g/mol. The second kappa shape index (κ2) is 602. The molecule has 22 heavy (non-hydrogen) atoms. The molecule has 22 heteroatoms. The van der Waals surface area contributed by atoms with Crippen molar-refractivity contribution < 1.29 is 128 Å². The third-order valence-corrected chi connectivity index (χ3v) is 0. The Kier molecular flexibility index (Phi) is 18500. The van der Waals surface area contributed by atoms with Gasteiger partial charge in [0.15, 0.2) is 0 Å². The normalized spacial score (nSPS) is 0. The summed E-state index contributed by atoms with van der Waals surface area (Å²) in [6.45, 7) is 0. The molecule has 0 aliphatic heterocycles. The van der Waals surface area contributed by atoms with Crippen LogP contribution in [0.15, 0.2) is 0 Å². The van der Waals surface area contributed by atoms with Gasteiger partial charge in [0.1, 0.15) is 0 Å². The summed E-state index contributed by atoms with van der Waals surface area (Å²) in [5.74, 6) is 0. The maximum Gasteiger partial charge on any atom is 6.00 e. The van der Waals surface area contributed by atoms with Crippen molar-refractivity contribution in [3.05, 3.63) is 80.0 Å². The van der Waals surface area contributed by atoms with Crippen LogP contribution >= 0.6 is 0 Å². The molecule has 0 aromatic carbocycles. The minimum atomic E-state index is 0. The molecule has 0 bridgehead atoms. The molecule has 0 saturated heterocycles. The van der Waals surface area contributed by atoms with E-state index in [0.29, 0.717) is 0 Å². The SMILES string of the molecule is [Al+3].[Al+3].[Al+3].[Mo+6].[Mo+6].[Mo+6].[N-3].[N-3].[N-3].[N-3].[N-3].[N-3].[N-3].[N-3].[N-3].[N-3].[N-3].[N-3].[N-3].[Ti+4].[Ti+4].[Ti+4]. The number of hydrogen-bond acceptors (Lipinski definition) is 0. The Morgan fingerprint density at radius 1 is 0.182 bits per heavy atom. The van der Waals surface area contributed by atoms with E-state index < -0.39 is 0 Å². The van der Waals surface area contributed by atoms with Crippen LogP contribution in [0.4, 0.5) is 0 Å². The van der Waals surface area contributed by atoms with Gasteiger partial charge in [-0.3, -0.25) is 0 Å². The number of hydrogen-bond donors (Lipinski definition) is 0. The topological polar surface area (TPSA) is 396 Å². The summed E-state index contributed by atoms with van der Waals surface area (Å²) in [7, 11) is 0. The van der Waals surface area contributed by atoms with E-state index in [-0.39, 0.29) is 260 Å². The first-order valence-electron chi connectivity index (χ1n) is 0. The summed E-state index contributed by atoms with van der Waals surface area (Å²) < 4.78 is 0. The van der Waals surface area contributed by atoms with Crippen LogP contribution in [0.25, 0.3) is 80.0 Å². The summed E-state index contributed by atoms with van der Waals surface area (Å²) in [6, 6.07) is 0. The molecule has 0 heterocycles. The van der Waals surface area contributed by atoms with E-state index in [2.05, 4.69) is 0 Å². The van der Waals surface area contributed by atoms with Gasteiger partial charge in [0.25, 0.3) is 0 Å². The van der Waals surface area contributed by atoms with Gasteiger partial charge in [-0.15, -0.1) is 0 Å². The van der Waals surface area contributed by atoms with Crippen LogP contribution < -0.4 is 0 Å². The third-order valence-electron chi connectivity index (χ3n) is 0. The monoisotopic (exact) mass is 701 g/mol. The van der Waals surface area contributed by atoms with Gasteiger partial charge < -0.3 is 80.0 Å². The molecule has 104 valence electrons. The molecule has 0 amide bonds. The van der Waals surface area contributed by atoms with E-state index in [1.807, 2.05) is 0 Å². The molecule has 0 aromatic rings. The molecule has 13 nitrogen and oxygen atoms in total. The molecule has 0 unspecified atom stereocenters. The van der Waals surface area contributed by atoms with Gasteiger partial charge in [0, 0.05) is 0 Å². The maximum absolute atomic E-state index is 0. The van der Waals surface area contributed by atoms with Crippen molar-refractivity contribution in [2.45, 2.75) is 0 Å². The fourth-order valence-corrected chi connectivity index (χ4v) is 0. The van der Waals surface area contributed by atoms with Crippen LogP contribution in [-0.4, -0.2) is 52.1 Å². The minimum Gasteiger partial charge on any atom is -3.00 e. The summed E-state index contributed by atoms with van der Waals surface area (Å²) in [5, 5.41) is 0. The van der Waals surface area contributed by atoms with E-state index in [0.717, 1.165) is 0 Å². The van der Waals surface area contributed by atoms with E-state index in [1.165, 1.54) is 0 Å². The van der Waals surface area contributed by atoms with Crippen molar-refractivity contribution in [1.82, 2.24) is 0 Å². The van der Waals surface area contributed by atoms with Gasteiger partial charge in [-0.2, -0.15) is 0 Å². The van der Waals surface area contributed by atoms with Crippen LogP contribution in [0.3, 0.4) is 0 Å². The van der Waals surface area contributed by atoms with Gasteiger partial charge in [0.05, 0.1) is 0 Å². The van der Waals surface area contributed by atoms with Gasteiger partial charge in [-0.25, -0.2) is 0 Å². The van der Waals surface area contributed by atoms with Crippen molar-refractivity contribution in [2.75, 3.05) is 0 Å². The average molecular weight is 694 g/mol. The zero-order valence-electron chi connectivity index (χ0n) is 10.3. The first-order valence-corrected chi connectivity index (χ1v) is 0. The first kappa shape index (κ1) is 675. The molecule has 0 atom stereocenters. The molecule has 0 aliphatic carbocycles. The van der Waals surface area contributed by atoms with E-state index in [1.54, 1.807) is 0 Å². The van der Waals surface area contributed by atoms with Crippen molar-refractivity contribution in [2.24, 2.45) is 0 Å². The van der Waals surface area contributed by atoms with Gasteiger partial charge in [-0.1, -0.05) is 0 Å². The largest absolute Gasteiger partial charge is 6.00 e. The summed E-state index contributed by atoms with van der Waals surface area (Å²) in [6.07, 6.45) is 0. The van der Waals surface area contributed by atoms with Crippen LogP contribution in [0.5, 0.6) is 0 Å². The molecule has 0 N–H and O–H groups in total. The zero-order valence-corrected chi connectivity index (χ0v) is 24.4. The van der Waals surface area contributed by atoms with E-state index in [9.17, 15) is 0 Å². The second-order valence-corrected chi connectivity index (χ2v) is 0. The maximum atomic E-state index is 0. The fourth-order valence-electron chi connectivity index (χ4n) is 0. The molecule has 0 rings (SSSR count). The summed E-state index contributed by atoms with van der Waals surface area (Å²) in [4.78, 5) is 0. The Balaban J connectivity index is 0. The van der Waals surface area contributed by atoms with Crippen LogP contribution in [-0.2, 0) is 128 Å². The molecule has 0 saturated carbocycles. The number of nitrogens with zero attached hydrogens (tertiary/aromatic N) is 13. The van der Waals surface area contributed by atoms with E-state index in [4.69, 9.17) is 0 Å². The van der Waals surface area contributed by atoms with Gasteiger partial charge in [0.2, 0.25) is 0 Å². The molecule has 0 fully saturated rings. The Morgan fingerprint density at radius 2 is 0.182 bits per heavy atom. The standard InChI is InChI=1S/3Al.3Mo.13N.3Ti/q3*+3;3*+6;13*-3;3*+4. The first-order chi connectivity index (χ1) is 0. The predicted molar refractivity (Wildman–Crippen MR) is 60.9 cm³/mol. The van der Waals surface area contributed by atoms with Crippen molar-refractivity contribution in [3.63, 3.8) is 0 Å². The molecule has 0 aliphatic rings. The molecule has 0 aromatic heterocycles. The molecular formula is Al3Mo3N13Ti3. The van der Waals surface area contributed by atoms with Crippen molar-refractivity contribution in [3.8, 4) is 0 Å². The molecule has 0 radical (unpaired) electrons. The van der Waals surface area contributed by atoms with Crippen LogP contribution in [0.2, 0.25) is 0 Å². The van der Waals surface area contributed by atoms with Crippen molar-refractivity contribution >= 4 is 52.1 Å².